The first-order chi connectivity index (χ1) is 24.2. The molecule has 0 spiro atoms. The molecule has 0 radical (unpaired) electrons. The smallest absolute Gasteiger partial charge is 0.127 e. The Bertz CT molecular complexity index is 1300. The van der Waals surface area contributed by atoms with Gasteiger partial charge in [-0.25, -0.2) is 0 Å². The third-order valence-electron chi connectivity index (χ3n) is 10.4. The standard InChI is InChI=1S/C40H62N6O4/c1-31-23-33(29-43(3)11-7-13-45-15-19-49-20-16-45)25-35(39(31)47)27-41-37-9-5-6-10-38(37)42-28-36-26-34(24-32(2)40(36)48)30-44(4)12-8-14-46-17-21-50-22-18-46/h23-28,37-38,47-48H,5-22,29-30H2,1-4H3/b41-27+,42-28+/t37-,38?/m1/s1. The van der Waals surface area contributed by atoms with E-state index in [1.54, 1.807) is 0 Å². The average molecular weight is 691 g/mol. The predicted octanol–water partition coefficient (Wildman–Crippen LogP) is 4.87. The van der Waals surface area contributed by atoms with Gasteiger partial charge in [0, 0.05) is 62.8 Å². The zero-order chi connectivity index (χ0) is 35.3. The molecule has 10 heteroatoms. The lowest BCUT2D eigenvalue weighted by molar-refractivity contribution is 0.0363. The van der Waals surface area contributed by atoms with Gasteiger partial charge in [-0.1, -0.05) is 25.0 Å². The van der Waals surface area contributed by atoms with Crippen LogP contribution >= 0.6 is 0 Å². The van der Waals surface area contributed by atoms with Crippen LogP contribution in [0.15, 0.2) is 34.3 Å². The molecule has 276 valence electrons. The molecule has 1 unspecified atom stereocenters. The zero-order valence-corrected chi connectivity index (χ0v) is 31.2. The number of morpholine rings is 2. The Labute approximate surface area is 300 Å². The summed E-state index contributed by atoms with van der Waals surface area (Å²) in [7, 11) is 4.34. The number of nitrogens with zero attached hydrogens (tertiary/aromatic N) is 6. The molecule has 3 fully saturated rings. The number of aliphatic imine (C=N–C) groups is 2. The quantitative estimate of drug-likeness (QED) is 0.241. The number of hydrogen-bond acceptors (Lipinski definition) is 10. The second kappa shape index (κ2) is 19.7. The monoisotopic (exact) mass is 690 g/mol. The van der Waals surface area contributed by atoms with Crippen molar-refractivity contribution in [3.8, 4) is 11.5 Å². The molecule has 2 saturated heterocycles. The van der Waals surface area contributed by atoms with Crippen LogP contribution in [0.2, 0.25) is 0 Å². The number of phenolic OH excluding ortho intramolecular Hbond substituents is 2. The summed E-state index contributed by atoms with van der Waals surface area (Å²) in [6.07, 6.45) is 10.1. The number of aromatic hydroxyl groups is 2. The van der Waals surface area contributed by atoms with Crippen LogP contribution in [0.1, 0.15) is 71.9 Å². The lowest BCUT2D eigenvalue weighted by Crippen LogP contribution is -2.37. The molecule has 2 N–H and O–H groups in total. The van der Waals surface area contributed by atoms with Crippen LogP contribution in [0.3, 0.4) is 0 Å². The van der Waals surface area contributed by atoms with E-state index in [9.17, 15) is 10.2 Å². The van der Waals surface area contributed by atoms with Gasteiger partial charge in [0.2, 0.25) is 0 Å². The van der Waals surface area contributed by atoms with Crippen molar-refractivity contribution in [1.29, 1.82) is 0 Å². The van der Waals surface area contributed by atoms with Crippen molar-refractivity contribution in [2.75, 3.05) is 92.9 Å². The molecule has 2 aliphatic heterocycles. The maximum absolute atomic E-state index is 11.0. The average Bonchev–Trinajstić information content (AvgIpc) is 3.11. The Morgan fingerprint density at radius 1 is 0.680 bits per heavy atom. The summed E-state index contributed by atoms with van der Waals surface area (Å²) >= 11 is 0. The maximum atomic E-state index is 11.0. The minimum Gasteiger partial charge on any atom is -0.507 e. The SMILES string of the molecule is Cc1cc(CN(C)CCCN2CCOCC2)cc(/C=N/C2CCCC[C@H]2/N=C/c2cc(CN(C)CCCN3CCOCC3)cc(C)c2O)c1O. The van der Waals surface area contributed by atoms with Gasteiger partial charge in [0.1, 0.15) is 11.5 Å². The fourth-order valence-electron chi connectivity index (χ4n) is 7.50. The van der Waals surface area contributed by atoms with Crippen LogP contribution in [0.25, 0.3) is 0 Å². The van der Waals surface area contributed by atoms with Gasteiger partial charge in [-0.3, -0.25) is 19.8 Å². The normalized spacial score (nSPS) is 21.3. The van der Waals surface area contributed by atoms with Crippen molar-refractivity contribution < 1.29 is 19.7 Å². The zero-order valence-electron chi connectivity index (χ0n) is 31.2. The number of ether oxygens (including phenoxy) is 2. The molecule has 1 aliphatic carbocycles. The van der Waals surface area contributed by atoms with Gasteiger partial charge in [-0.15, -0.1) is 0 Å². The lowest BCUT2D eigenvalue weighted by atomic mass is 9.91. The Balaban J connectivity index is 1.17. The molecule has 5 rings (SSSR count). The van der Waals surface area contributed by atoms with Crippen molar-refractivity contribution in [3.63, 3.8) is 0 Å². The molecule has 2 aromatic rings. The maximum Gasteiger partial charge on any atom is 0.127 e. The van der Waals surface area contributed by atoms with Crippen molar-refractivity contribution >= 4 is 12.4 Å². The van der Waals surface area contributed by atoms with Crippen molar-refractivity contribution in [2.45, 2.75) is 77.5 Å². The highest BCUT2D eigenvalue weighted by molar-refractivity contribution is 5.85. The molecule has 2 atom stereocenters. The fourth-order valence-corrected chi connectivity index (χ4v) is 7.50. The summed E-state index contributed by atoms with van der Waals surface area (Å²) in [4.78, 5) is 19.7. The van der Waals surface area contributed by atoms with Crippen LogP contribution < -0.4 is 0 Å². The van der Waals surface area contributed by atoms with E-state index in [4.69, 9.17) is 19.5 Å². The van der Waals surface area contributed by atoms with E-state index in [1.807, 2.05) is 26.3 Å². The number of aryl methyl sites for hydroxylation is 2. The first kappa shape index (κ1) is 38.4. The number of hydrogen-bond donors (Lipinski definition) is 2. The van der Waals surface area contributed by atoms with E-state index in [2.05, 4.69) is 58.0 Å². The van der Waals surface area contributed by atoms with Gasteiger partial charge in [-0.05, 0) is 114 Å². The molecular weight excluding hydrogens is 628 g/mol. The molecule has 0 amide bonds. The number of rotatable bonds is 16. The Kier molecular flexibility index (Phi) is 15.1. The molecule has 50 heavy (non-hydrogen) atoms. The number of phenols is 2. The molecule has 10 nitrogen and oxygen atoms in total. The summed E-state index contributed by atoms with van der Waals surface area (Å²) in [5.41, 5.74) is 5.65. The molecule has 2 aromatic carbocycles. The molecule has 2 heterocycles. The highest BCUT2D eigenvalue weighted by Crippen LogP contribution is 2.28. The Morgan fingerprint density at radius 3 is 1.48 bits per heavy atom. The van der Waals surface area contributed by atoms with Gasteiger partial charge in [0.25, 0.3) is 0 Å². The van der Waals surface area contributed by atoms with Gasteiger partial charge in [0.05, 0.1) is 38.5 Å². The van der Waals surface area contributed by atoms with E-state index in [0.717, 1.165) is 153 Å². The Morgan fingerprint density at radius 2 is 1.08 bits per heavy atom. The van der Waals surface area contributed by atoms with Gasteiger partial charge < -0.3 is 29.5 Å². The van der Waals surface area contributed by atoms with E-state index in [1.165, 1.54) is 11.1 Å². The van der Waals surface area contributed by atoms with Crippen molar-refractivity contribution in [1.82, 2.24) is 19.6 Å². The highest BCUT2D eigenvalue weighted by atomic mass is 16.5. The summed E-state index contributed by atoms with van der Waals surface area (Å²) in [5, 5.41) is 21.9. The van der Waals surface area contributed by atoms with E-state index in [-0.39, 0.29) is 12.1 Å². The summed E-state index contributed by atoms with van der Waals surface area (Å²) in [5.74, 6) is 0.596. The minimum absolute atomic E-state index is 0.0373. The molecule has 0 bridgehead atoms. The van der Waals surface area contributed by atoms with Gasteiger partial charge >= 0.3 is 0 Å². The highest BCUT2D eigenvalue weighted by Gasteiger charge is 2.24. The largest absolute Gasteiger partial charge is 0.507 e. The Hall–Kier alpha value is -2.86. The molecular formula is C40H62N6O4. The minimum atomic E-state index is 0.0373. The van der Waals surface area contributed by atoms with Crippen LogP contribution in [-0.2, 0) is 22.6 Å². The van der Waals surface area contributed by atoms with Crippen LogP contribution in [0.4, 0.5) is 0 Å². The lowest BCUT2D eigenvalue weighted by Gasteiger charge is -2.27. The summed E-state index contributed by atoms with van der Waals surface area (Å²) in [6.45, 7) is 17.3. The first-order valence-corrected chi connectivity index (χ1v) is 18.9. The molecule has 1 saturated carbocycles. The second-order valence-electron chi connectivity index (χ2n) is 14.8. The number of benzene rings is 2. The van der Waals surface area contributed by atoms with Crippen molar-refractivity contribution in [2.24, 2.45) is 9.98 Å². The van der Waals surface area contributed by atoms with E-state index >= 15 is 0 Å². The van der Waals surface area contributed by atoms with E-state index in [0.29, 0.717) is 11.5 Å². The van der Waals surface area contributed by atoms with Crippen LogP contribution in [0.5, 0.6) is 11.5 Å². The van der Waals surface area contributed by atoms with Crippen LogP contribution in [0, 0.1) is 13.8 Å². The third kappa shape index (κ3) is 11.9. The fraction of sp³-hybridized carbons (Fsp3) is 0.650. The van der Waals surface area contributed by atoms with Gasteiger partial charge in [-0.2, -0.15) is 0 Å². The predicted molar refractivity (Wildman–Crippen MR) is 203 cm³/mol. The molecule has 0 aromatic heterocycles. The summed E-state index contributed by atoms with van der Waals surface area (Å²) < 4.78 is 10.9. The topological polar surface area (TPSA) is 96.6 Å². The summed E-state index contributed by atoms with van der Waals surface area (Å²) in [6, 6.07) is 8.41. The first-order valence-electron chi connectivity index (χ1n) is 18.9. The third-order valence-corrected chi connectivity index (χ3v) is 10.4. The van der Waals surface area contributed by atoms with E-state index < -0.39 is 0 Å². The molecule has 3 aliphatic rings. The van der Waals surface area contributed by atoms with Crippen LogP contribution in [-0.4, -0.2) is 147 Å². The van der Waals surface area contributed by atoms with Gasteiger partial charge in [0.15, 0.2) is 0 Å². The second-order valence-corrected chi connectivity index (χ2v) is 14.8. The van der Waals surface area contributed by atoms with Crippen molar-refractivity contribution in [3.05, 3.63) is 57.6 Å².